The number of ether oxygens (including phenoxy) is 1. The van der Waals surface area contributed by atoms with E-state index in [0.717, 1.165) is 31.2 Å². The van der Waals surface area contributed by atoms with Crippen molar-refractivity contribution in [3.63, 3.8) is 0 Å². The molecular formula is C23H29NO3. The summed E-state index contributed by atoms with van der Waals surface area (Å²) in [4.78, 5) is 11.9. The highest BCUT2D eigenvalue weighted by Gasteiger charge is 2.34. The van der Waals surface area contributed by atoms with E-state index in [1.807, 2.05) is 12.2 Å². The fraction of sp³-hybridized carbons (Fsp3) is 0.435. The van der Waals surface area contributed by atoms with Gasteiger partial charge >= 0.3 is 0 Å². The number of amides is 1. The van der Waals surface area contributed by atoms with Crippen molar-refractivity contribution in [2.75, 3.05) is 0 Å². The van der Waals surface area contributed by atoms with Gasteiger partial charge in [0, 0.05) is 12.1 Å². The van der Waals surface area contributed by atoms with Crippen molar-refractivity contribution in [1.82, 2.24) is 5.32 Å². The van der Waals surface area contributed by atoms with Gasteiger partial charge < -0.3 is 15.2 Å². The summed E-state index contributed by atoms with van der Waals surface area (Å²) in [5.41, 5.74) is 4.33. The zero-order valence-electron chi connectivity index (χ0n) is 16.7. The van der Waals surface area contributed by atoms with E-state index in [9.17, 15) is 9.90 Å². The lowest BCUT2D eigenvalue weighted by molar-refractivity contribution is 0.0965. The van der Waals surface area contributed by atoms with Crippen molar-refractivity contribution < 1.29 is 14.6 Å². The van der Waals surface area contributed by atoms with Crippen molar-refractivity contribution in [3.05, 3.63) is 52.1 Å². The molecule has 1 aromatic rings. The molecule has 2 N–H and O–H groups in total. The van der Waals surface area contributed by atoms with E-state index in [1.54, 1.807) is 0 Å². The molecule has 1 amide bonds. The number of hydrogen-bond acceptors (Lipinski definition) is 3. The fourth-order valence-corrected chi connectivity index (χ4v) is 3.58. The van der Waals surface area contributed by atoms with Crippen LogP contribution in [0, 0.1) is 0 Å². The van der Waals surface area contributed by atoms with Crippen LogP contribution < -0.4 is 10.1 Å². The summed E-state index contributed by atoms with van der Waals surface area (Å²) in [5, 5.41) is 13.1. The molecular weight excluding hydrogens is 338 g/mol. The Morgan fingerprint density at radius 1 is 1.30 bits per heavy atom. The number of carbonyl (C=O) groups is 1. The molecule has 0 aliphatic carbocycles. The summed E-state index contributed by atoms with van der Waals surface area (Å²) in [5.74, 6) is 0.574. The van der Waals surface area contributed by atoms with E-state index < -0.39 is 5.60 Å². The monoisotopic (exact) mass is 367 g/mol. The first-order valence-corrected chi connectivity index (χ1v) is 9.63. The molecule has 0 saturated heterocycles. The second-order valence-electron chi connectivity index (χ2n) is 8.00. The van der Waals surface area contributed by atoms with Gasteiger partial charge in [0.15, 0.2) is 0 Å². The van der Waals surface area contributed by atoms with Crippen molar-refractivity contribution in [1.29, 1.82) is 0 Å². The number of aromatic hydroxyl groups is 1. The summed E-state index contributed by atoms with van der Waals surface area (Å²) in [6.07, 6.45) is 12.4. The number of phenols is 1. The first-order chi connectivity index (χ1) is 12.8. The number of nitrogens with one attached hydrogen (secondary N) is 1. The van der Waals surface area contributed by atoms with Gasteiger partial charge in [-0.15, -0.1) is 0 Å². The van der Waals surface area contributed by atoms with Gasteiger partial charge in [0.1, 0.15) is 17.1 Å². The molecule has 4 nitrogen and oxygen atoms in total. The van der Waals surface area contributed by atoms with E-state index in [4.69, 9.17) is 4.74 Å². The Morgan fingerprint density at radius 3 is 2.81 bits per heavy atom. The smallest absolute Gasteiger partial charge is 0.252 e. The van der Waals surface area contributed by atoms with Crippen molar-refractivity contribution in [2.45, 2.75) is 65.5 Å². The standard InChI is InChI=1S/C23H29NO3/c1-15(2)7-5-8-16(3)9-6-11-23(4)12-10-17-20(25)13-18-19(21(17)27-23)14-24-22(18)26/h7,9-10,12-13,25H,5-6,8,11,14H2,1-4H3,(H,24,26)/b16-9+/t23-/m0/s1. The molecule has 0 spiro atoms. The van der Waals surface area contributed by atoms with Crippen LogP contribution in [0.5, 0.6) is 11.5 Å². The molecule has 4 heteroatoms. The van der Waals surface area contributed by atoms with Crippen LogP contribution in [0.4, 0.5) is 0 Å². The third-order valence-corrected chi connectivity index (χ3v) is 5.23. The topological polar surface area (TPSA) is 58.6 Å². The highest BCUT2D eigenvalue weighted by atomic mass is 16.5. The van der Waals surface area contributed by atoms with Gasteiger partial charge in [0.2, 0.25) is 0 Å². The number of carbonyl (C=O) groups excluding carboxylic acids is 1. The minimum absolute atomic E-state index is 0.0918. The van der Waals surface area contributed by atoms with Crippen molar-refractivity contribution in [3.8, 4) is 11.5 Å². The normalized spacial score (nSPS) is 20.6. The molecule has 27 heavy (non-hydrogen) atoms. The summed E-state index contributed by atoms with van der Waals surface area (Å²) in [6, 6.07) is 1.53. The van der Waals surface area contributed by atoms with Gasteiger partial charge in [-0.1, -0.05) is 23.3 Å². The molecule has 0 fully saturated rings. The van der Waals surface area contributed by atoms with Crippen LogP contribution in [0.25, 0.3) is 6.08 Å². The van der Waals surface area contributed by atoms with Crippen molar-refractivity contribution >= 4 is 12.0 Å². The Kier molecular flexibility index (Phi) is 5.45. The molecule has 2 aliphatic rings. The largest absolute Gasteiger partial charge is 0.507 e. The summed E-state index contributed by atoms with van der Waals surface area (Å²) < 4.78 is 6.31. The molecule has 0 unspecified atom stereocenters. The maximum absolute atomic E-state index is 11.9. The van der Waals surface area contributed by atoms with Crippen LogP contribution in [0.2, 0.25) is 0 Å². The zero-order valence-corrected chi connectivity index (χ0v) is 16.7. The average Bonchev–Trinajstić information content (AvgIpc) is 2.95. The van der Waals surface area contributed by atoms with Crippen LogP contribution >= 0.6 is 0 Å². The number of hydrogen-bond donors (Lipinski definition) is 2. The molecule has 0 saturated carbocycles. The molecule has 2 aliphatic heterocycles. The summed E-state index contributed by atoms with van der Waals surface area (Å²) in [6.45, 7) is 8.93. The molecule has 0 radical (unpaired) electrons. The van der Waals surface area contributed by atoms with Crippen molar-refractivity contribution in [2.24, 2.45) is 0 Å². The lowest BCUT2D eigenvalue weighted by atomic mass is 9.92. The minimum atomic E-state index is -0.448. The fourth-order valence-electron chi connectivity index (χ4n) is 3.58. The third-order valence-electron chi connectivity index (χ3n) is 5.23. The van der Waals surface area contributed by atoms with E-state index in [-0.39, 0.29) is 11.7 Å². The number of rotatable bonds is 6. The van der Waals surface area contributed by atoms with Crippen LogP contribution in [0.3, 0.4) is 0 Å². The maximum atomic E-state index is 11.9. The van der Waals surface area contributed by atoms with Gasteiger partial charge in [-0.3, -0.25) is 4.79 Å². The van der Waals surface area contributed by atoms with Crippen LogP contribution in [0.15, 0.2) is 35.4 Å². The van der Waals surface area contributed by atoms with E-state index in [0.29, 0.717) is 23.4 Å². The lowest BCUT2D eigenvalue weighted by Crippen LogP contribution is -2.32. The summed E-state index contributed by atoms with van der Waals surface area (Å²) >= 11 is 0. The molecule has 0 aromatic heterocycles. The Morgan fingerprint density at radius 2 is 2.07 bits per heavy atom. The highest BCUT2D eigenvalue weighted by Crippen LogP contribution is 2.43. The second kappa shape index (κ2) is 7.63. The minimum Gasteiger partial charge on any atom is -0.507 e. The number of allylic oxidation sites excluding steroid dienone is 4. The molecule has 3 rings (SSSR count). The predicted octanol–water partition coefficient (Wildman–Crippen LogP) is 5.27. The van der Waals surface area contributed by atoms with E-state index in [1.165, 1.54) is 17.2 Å². The first-order valence-electron chi connectivity index (χ1n) is 9.63. The number of benzene rings is 1. The SMILES string of the molecule is CC(C)=CCC/C(C)=C/CC[C@@]1(C)C=Cc2c(O)cc3c(c2O1)CNC3=O. The maximum Gasteiger partial charge on any atom is 0.252 e. The number of fused-ring (bicyclic) bond motifs is 3. The zero-order chi connectivity index (χ0) is 19.6. The average molecular weight is 367 g/mol. The molecule has 2 heterocycles. The Hall–Kier alpha value is -2.49. The van der Waals surface area contributed by atoms with Crippen LogP contribution in [-0.2, 0) is 6.54 Å². The van der Waals surface area contributed by atoms with Crippen LogP contribution in [-0.4, -0.2) is 16.6 Å². The Balaban J connectivity index is 1.69. The van der Waals surface area contributed by atoms with E-state index in [2.05, 4.69) is 45.2 Å². The van der Waals surface area contributed by atoms with Gasteiger partial charge in [0.25, 0.3) is 5.91 Å². The number of phenolic OH excluding ortho intramolecular Hbond substituents is 1. The van der Waals surface area contributed by atoms with Crippen LogP contribution in [0.1, 0.15) is 74.9 Å². The van der Waals surface area contributed by atoms with Gasteiger partial charge in [-0.05, 0) is 71.6 Å². The van der Waals surface area contributed by atoms with Gasteiger partial charge in [-0.2, -0.15) is 0 Å². The Bertz CT molecular complexity index is 844. The van der Waals surface area contributed by atoms with Gasteiger partial charge in [0.05, 0.1) is 11.1 Å². The lowest BCUT2D eigenvalue weighted by Gasteiger charge is -2.33. The molecule has 0 bridgehead atoms. The Labute approximate surface area is 161 Å². The molecule has 1 atom stereocenters. The first kappa shape index (κ1) is 19.3. The predicted molar refractivity (Wildman–Crippen MR) is 109 cm³/mol. The second-order valence-corrected chi connectivity index (χ2v) is 8.00. The van der Waals surface area contributed by atoms with E-state index >= 15 is 0 Å². The molecule has 144 valence electrons. The van der Waals surface area contributed by atoms with Gasteiger partial charge in [-0.25, -0.2) is 0 Å². The summed E-state index contributed by atoms with van der Waals surface area (Å²) in [7, 11) is 0. The third kappa shape index (κ3) is 4.26. The molecule has 1 aromatic carbocycles. The highest BCUT2D eigenvalue weighted by molar-refractivity contribution is 6.00. The quantitative estimate of drug-likeness (QED) is 0.673.